The molecule has 3 heterocycles. The number of thioether (sulfide) groups is 1. The van der Waals surface area contributed by atoms with Crippen LogP contribution in [0.3, 0.4) is 0 Å². The first-order valence-electron chi connectivity index (χ1n) is 10.9. The molecule has 0 radical (unpaired) electrons. The minimum absolute atomic E-state index is 0.113. The van der Waals surface area contributed by atoms with Crippen LogP contribution in [0.25, 0.3) is 33.3 Å². The third kappa shape index (κ3) is 4.06. The third-order valence-electron chi connectivity index (χ3n) is 5.53. The van der Waals surface area contributed by atoms with E-state index < -0.39 is 0 Å². The van der Waals surface area contributed by atoms with Gasteiger partial charge in [-0.25, -0.2) is 4.98 Å². The van der Waals surface area contributed by atoms with Crippen LogP contribution in [0.15, 0.2) is 78.9 Å². The number of carbonyl (C=O) groups is 1. The molecule has 0 unspecified atom stereocenters. The van der Waals surface area contributed by atoms with Gasteiger partial charge >= 0.3 is 0 Å². The second kappa shape index (κ2) is 9.48. The molecule has 0 spiro atoms. The van der Waals surface area contributed by atoms with E-state index in [-0.39, 0.29) is 11.7 Å². The Morgan fingerprint density at radius 3 is 2.74 bits per heavy atom. The topological polar surface area (TPSA) is 90.5 Å². The number of anilines is 1. The highest BCUT2D eigenvalue weighted by Crippen LogP contribution is 2.31. The molecular weight excluding hydrogens is 446 g/mol. The predicted octanol–water partition coefficient (Wildman–Crippen LogP) is 4.78. The standard InChI is InChI=1S/C25H23N7OS/c1-3-13-32-24(20-15-26-11-12-27-20)29-30-25(32)34-16-23(33)28-17-9-10-22-19(14-17)18-7-5-6-8-21(18)31(22)4-2/h3,5-12,14-15H,1,4,13,16H2,2H3,(H,28,33). The van der Waals surface area contributed by atoms with Gasteiger partial charge in [-0.15, -0.1) is 16.8 Å². The Bertz CT molecular complexity index is 1490. The highest BCUT2D eigenvalue weighted by molar-refractivity contribution is 7.99. The molecule has 170 valence electrons. The van der Waals surface area contributed by atoms with E-state index >= 15 is 0 Å². The second-order valence-corrected chi connectivity index (χ2v) is 8.57. The minimum atomic E-state index is -0.113. The first kappa shape index (κ1) is 21.8. The summed E-state index contributed by atoms with van der Waals surface area (Å²) in [6.07, 6.45) is 6.61. The van der Waals surface area contributed by atoms with Crippen molar-refractivity contribution in [1.82, 2.24) is 29.3 Å². The summed E-state index contributed by atoms with van der Waals surface area (Å²) in [6.45, 7) is 7.34. The molecular formula is C25H23N7OS. The Hall–Kier alpha value is -3.98. The highest BCUT2D eigenvalue weighted by atomic mass is 32.2. The number of allylic oxidation sites excluding steroid dienone is 1. The van der Waals surface area contributed by atoms with Crippen molar-refractivity contribution < 1.29 is 4.79 Å². The summed E-state index contributed by atoms with van der Waals surface area (Å²) in [6, 6.07) is 14.4. The molecule has 3 aromatic heterocycles. The molecule has 1 amide bonds. The van der Waals surface area contributed by atoms with Gasteiger partial charge in [0.25, 0.3) is 0 Å². The second-order valence-electron chi connectivity index (χ2n) is 7.63. The Labute approximate surface area is 200 Å². The zero-order valence-electron chi connectivity index (χ0n) is 18.7. The van der Waals surface area contributed by atoms with E-state index in [0.29, 0.717) is 23.2 Å². The largest absolute Gasteiger partial charge is 0.341 e. The lowest BCUT2D eigenvalue weighted by Crippen LogP contribution is -2.14. The van der Waals surface area contributed by atoms with Gasteiger partial charge in [0.2, 0.25) is 5.91 Å². The molecule has 9 heteroatoms. The van der Waals surface area contributed by atoms with E-state index in [1.807, 2.05) is 28.8 Å². The number of rotatable bonds is 8. The van der Waals surface area contributed by atoms with Gasteiger partial charge in [-0.1, -0.05) is 36.0 Å². The molecule has 8 nitrogen and oxygen atoms in total. The number of amides is 1. The number of fused-ring (bicyclic) bond motifs is 3. The molecule has 2 aromatic carbocycles. The minimum Gasteiger partial charge on any atom is -0.341 e. The van der Waals surface area contributed by atoms with Gasteiger partial charge in [-0.05, 0) is 31.2 Å². The van der Waals surface area contributed by atoms with Crippen LogP contribution in [0.4, 0.5) is 5.69 Å². The molecule has 0 aliphatic heterocycles. The van der Waals surface area contributed by atoms with Crippen molar-refractivity contribution in [3.63, 3.8) is 0 Å². The number of aryl methyl sites for hydroxylation is 1. The molecule has 1 N–H and O–H groups in total. The van der Waals surface area contributed by atoms with E-state index in [1.165, 1.54) is 22.7 Å². The Morgan fingerprint density at radius 1 is 1.09 bits per heavy atom. The molecule has 0 bridgehead atoms. The summed E-state index contributed by atoms with van der Waals surface area (Å²) >= 11 is 1.32. The number of hydrogen-bond donors (Lipinski definition) is 1. The van der Waals surface area contributed by atoms with Crippen molar-refractivity contribution >= 4 is 45.2 Å². The van der Waals surface area contributed by atoms with Crippen molar-refractivity contribution in [1.29, 1.82) is 0 Å². The van der Waals surface area contributed by atoms with Gasteiger partial charge in [0.05, 0.1) is 11.9 Å². The van der Waals surface area contributed by atoms with E-state index in [1.54, 1.807) is 24.7 Å². The highest BCUT2D eigenvalue weighted by Gasteiger charge is 2.16. The first-order chi connectivity index (χ1) is 16.7. The van der Waals surface area contributed by atoms with Crippen molar-refractivity contribution in [3.05, 3.63) is 73.7 Å². The molecule has 0 atom stereocenters. The third-order valence-corrected chi connectivity index (χ3v) is 6.49. The molecule has 0 fully saturated rings. The molecule has 0 aliphatic rings. The fourth-order valence-corrected chi connectivity index (χ4v) is 4.84. The van der Waals surface area contributed by atoms with Gasteiger partial charge in [-0.2, -0.15) is 0 Å². The summed E-state index contributed by atoms with van der Waals surface area (Å²) in [5.74, 6) is 0.677. The summed E-state index contributed by atoms with van der Waals surface area (Å²) in [5, 5.41) is 14.4. The fourth-order valence-electron chi connectivity index (χ4n) is 4.09. The van der Waals surface area contributed by atoms with E-state index in [9.17, 15) is 4.79 Å². The first-order valence-corrected chi connectivity index (χ1v) is 11.9. The number of para-hydroxylation sites is 1. The maximum Gasteiger partial charge on any atom is 0.234 e. The van der Waals surface area contributed by atoms with Crippen LogP contribution in [-0.2, 0) is 17.9 Å². The van der Waals surface area contributed by atoms with Crippen molar-refractivity contribution in [3.8, 4) is 11.5 Å². The maximum atomic E-state index is 12.8. The number of nitrogens with one attached hydrogen (secondary N) is 1. The Morgan fingerprint density at radius 2 is 1.94 bits per heavy atom. The molecule has 0 aliphatic carbocycles. The number of nitrogens with zero attached hydrogens (tertiary/aromatic N) is 6. The van der Waals surface area contributed by atoms with Crippen molar-refractivity contribution in [2.24, 2.45) is 0 Å². The van der Waals surface area contributed by atoms with Crippen LogP contribution in [0.2, 0.25) is 0 Å². The summed E-state index contributed by atoms with van der Waals surface area (Å²) in [5.41, 5.74) is 3.74. The lowest BCUT2D eigenvalue weighted by Gasteiger charge is -2.08. The van der Waals surface area contributed by atoms with Crippen LogP contribution in [0, 0.1) is 0 Å². The quantitative estimate of drug-likeness (QED) is 0.260. The van der Waals surface area contributed by atoms with Gasteiger partial charge in [0, 0.05) is 53.0 Å². The summed E-state index contributed by atoms with van der Waals surface area (Å²) in [4.78, 5) is 21.2. The van der Waals surface area contributed by atoms with Gasteiger partial charge in [0.1, 0.15) is 5.69 Å². The monoisotopic (exact) mass is 469 g/mol. The maximum absolute atomic E-state index is 12.8. The van der Waals surface area contributed by atoms with Crippen LogP contribution >= 0.6 is 11.8 Å². The Balaban J connectivity index is 1.34. The number of hydrogen-bond acceptors (Lipinski definition) is 6. The van der Waals surface area contributed by atoms with Gasteiger partial charge in [-0.3, -0.25) is 14.3 Å². The normalized spacial score (nSPS) is 11.2. The van der Waals surface area contributed by atoms with Gasteiger partial charge < -0.3 is 9.88 Å². The zero-order valence-corrected chi connectivity index (χ0v) is 19.5. The molecule has 5 rings (SSSR count). The van der Waals surface area contributed by atoms with Crippen LogP contribution in [-0.4, -0.2) is 41.0 Å². The summed E-state index contributed by atoms with van der Waals surface area (Å²) < 4.78 is 4.16. The van der Waals surface area contributed by atoms with Crippen LogP contribution in [0.1, 0.15) is 6.92 Å². The predicted molar refractivity (Wildman–Crippen MR) is 136 cm³/mol. The average Bonchev–Trinajstić information content (AvgIpc) is 3.42. The van der Waals surface area contributed by atoms with Crippen molar-refractivity contribution in [2.75, 3.05) is 11.1 Å². The van der Waals surface area contributed by atoms with E-state index in [4.69, 9.17) is 0 Å². The fraction of sp³-hybridized carbons (Fsp3) is 0.160. The molecule has 0 saturated heterocycles. The SMILES string of the molecule is C=CCn1c(SCC(=O)Nc2ccc3c(c2)c2ccccc2n3CC)nnc1-c1cnccn1. The molecule has 5 aromatic rings. The number of aromatic nitrogens is 6. The zero-order chi connectivity index (χ0) is 23.5. The van der Waals surface area contributed by atoms with Crippen LogP contribution in [0.5, 0.6) is 0 Å². The lowest BCUT2D eigenvalue weighted by atomic mass is 10.1. The molecule has 0 saturated carbocycles. The van der Waals surface area contributed by atoms with Gasteiger partial charge in [0.15, 0.2) is 11.0 Å². The average molecular weight is 470 g/mol. The van der Waals surface area contributed by atoms with E-state index in [2.05, 4.69) is 61.8 Å². The number of carbonyl (C=O) groups excluding carboxylic acids is 1. The smallest absolute Gasteiger partial charge is 0.234 e. The van der Waals surface area contributed by atoms with E-state index in [0.717, 1.165) is 23.1 Å². The van der Waals surface area contributed by atoms with Crippen LogP contribution < -0.4 is 5.32 Å². The number of benzene rings is 2. The lowest BCUT2D eigenvalue weighted by molar-refractivity contribution is -0.113. The van der Waals surface area contributed by atoms with Crippen molar-refractivity contribution in [2.45, 2.75) is 25.2 Å². The molecule has 34 heavy (non-hydrogen) atoms. The summed E-state index contributed by atoms with van der Waals surface area (Å²) in [7, 11) is 0. The Kier molecular flexibility index (Phi) is 6.09.